The minimum atomic E-state index is -0.696. The van der Waals surface area contributed by atoms with E-state index in [1.54, 1.807) is 0 Å². The third-order valence-electron chi connectivity index (χ3n) is 10.8. The zero-order valence-corrected chi connectivity index (χ0v) is 23.1. The normalized spacial score (nSPS) is 42.0. The van der Waals surface area contributed by atoms with Crippen LogP contribution in [-0.4, -0.2) is 103 Å². The number of fused-ring (bicyclic) bond motifs is 2. The fourth-order valence-electron chi connectivity index (χ4n) is 8.16. The van der Waals surface area contributed by atoms with Gasteiger partial charge in [0.15, 0.2) is 0 Å². The lowest BCUT2D eigenvalue weighted by Gasteiger charge is -2.43. The Morgan fingerprint density at radius 1 is 1.05 bits per heavy atom. The SMILES string of the molecule is CN(C[C@H]1C[C@@H](N2CCC3C(N)NCNC32)[C@H](O)[C@@H]1O)C1CC(CCC2Nc3ccc(C4COC4)cc3N2)C1. The molecule has 2 saturated carbocycles. The molecule has 2 aliphatic carbocycles. The predicted molar refractivity (Wildman–Crippen MR) is 151 cm³/mol. The van der Waals surface area contributed by atoms with Crippen molar-refractivity contribution in [1.82, 2.24) is 20.4 Å². The van der Waals surface area contributed by atoms with Gasteiger partial charge in [-0.05, 0) is 69.2 Å². The molecule has 1 aromatic carbocycles. The molecule has 216 valence electrons. The number of aliphatic hydroxyl groups is 2. The molecule has 0 bridgehead atoms. The lowest BCUT2D eigenvalue weighted by atomic mass is 9.76. The Balaban J connectivity index is 0.851. The molecule has 8 atom stereocenters. The minimum absolute atomic E-state index is 0.00545. The van der Waals surface area contributed by atoms with Crippen LogP contribution in [0.3, 0.4) is 0 Å². The summed E-state index contributed by atoms with van der Waals surface area (Å²) < 4.78 is 5.36. The molecule has 39 heavy (non-hydrogen) atoms. The van der Waals surface area contributed by atoms with Crippen LogP contribution in [0.4, 0.5) is 11.4 Å². The van der Waals surface area contributed by atoms with Gasteiger partial charge in [0.1, 0.15) is 0 Å². The van der Waals surface area contributed by atoms with Crippen LogP contribution in [0.1, 0.15) is 50.0 Å². The van der Waals surface area contributed by atoms with Gasteiger partial charge in [0, 0.05) is 49.6 Å². The Kier molecular flexibility index (Phi) is 7.26. The monoisotopic (exact) mass is 541 g/mol. The van der Waals surface area contributed by atoms with Gasteiger partial charge >= 0.3 is 0 Å². The fraction of sp³-hybridized carbons (Fsp3) is 0.793. The number of nitrogens with one attached hydrogen (secondary N) is 4. The molecule has 0 spiro atoms. The first-order chi connectivity index (χ1) is 18.9. The van der Waals surface area contributed by atoms with Crippen LogP contribution in [-0.2, 0) is 4.74 Å². The molecule has 0 aromatic heterocycles. The van der Waals surface area contributed by atoms with Gasteiger partial charge in [-0.1, -0.05) is 6.07 Å². The Morgan fingerprint density at radius 3 is 2.67 bits per heavy atom. The van der Waals surface area contributed by atoms with Crippen LogP contribution in [0.5, 0.6) is 0 Å². The Bertz CT molecular complexity index is 1020. The maximum atomic E-state index is 11.0. The summed E-state index contributed by atoms with van der Waals surface area (Å²) in [5, 5.41) is 36.2. The van der Waals surface area contributed by atoms with E-state index in [4.69, 9.17) is 10.5 Å². The largest absolute Gasteiger partial charge is 0.390 e. The van der Waals surface area contributed by atoms with Gasteiger partial charge in [0.05, 0.1) is 55.3 Å². The van der Waals surface area contributed by atoms with Crippen LogP contribution < -0.4 is 27.0 Å². The fourth-order valence-corrected chi connectivity index (χ4v) is 8.16. The van der Waals surface area contributed by atoms with E-state index in [0.717, 1.165) is 51.5 Å². The van der Waals surface area contributed by atoms with Crippen molar-refractivity contribution in [2.75, 3.05) is 50.7 Å². The highest BCUT2D eigenvalue weighted by Gasteiger charge is 2.50. The number of anilines is 2. The summed E-state index contributed by atoms with van der Waals surface area (Å²) >= 11 is 0. The lowest BCUT2D eigenvalue weighted by Crippen LogP contribution is -2.64. The smallest absolute Gasteiger partial charge is 0.0964 e. The lowest BCUT2D eigenvalue weighted by molar-refractivity contribution is -0.0279. The number of nitrogens with two attached hydrogens (primary N) is 1. The molecule has 4 aliphatic heterocycles. The van der Waals surface area contributed by atoms with Gasteiger partial charge < -0.3 is 36.2 Å². The van der Waals surface area contributed by atoms with Crippen molar-refractivity contribution in [1.29, 1.82) is 0 Å². The maximum Gasteiger partial charge on any atom is 0.0964 e. The van der Waals surface area contributed by atoms with Gasteiger partial charge in [0.25, 0.3) is 0 Å². The van der Waals surface area contributed by atoms with Crippen molar-refractivity contribution in [2.24, 2.45) is 23.5 Å². The Hall–Kier alpha value is -1.50. The highest BCUT2D eigenvalue weighted by atomic mass is 16.5. The van der Waals surface area contributed by atoms with E-state index in [-0.39, 0.29) is 24.3 Å². The van der Waals surface area contributed by atoms with Crippen molar-refractivity contribution in [3.05, 3.63) is 23.8 Å². The predicted octanol–water partition coefficient (Wildman–Crippen LogP) is 0.648. The standard InChI is InChI=1S/C29H47N7O3/c1-35(12-18-11-24(27(38)26(18)37)36-7-6-21-28(30)31-15-32-29(21)36)20-8-16(9-20)2-5-25-33-22-4-3-17(10-23(22)34-25)19-13-39-14-19/h3-4,10,16,18-21,24-29,31-34,37-38H,2,5-9,11-15,30H2,1H3/t16?,18-,20?,21?,24-,25?,26-,27+,28?,29?/m1/s1. The third kappa shape index (κ3) is 4.97. The van der Waals surface area contributed by atoms with E-state index in [9.17, 15) is 10.2 Å². The quantitative estimate of drug-likeness (QED) is 0.252. The minimum Gasteiger partial charge on any atom is -0.390 e. The molecule has 0 radical (unpaired) electrons. The van der Waals surface area contributed by atoms with E-state index in [1.165, 1.54) is 36.2 Å². The summed E-state index contributed by atoms with van der Waals surface area (Å²) in [7, 11) is 2.20. The molecule has 10 heteroatoms. The third-order valence-corrected chi connectivity index (χ3v) is 10.8. The highest BCUT2D eigenvalue weighted by Crippen LogP contribution is 2.41. The number of benzene rings is 1. The molecule has 3 saturated heterocycles. The van der Waals surface area contributed by atoms with Crippen molar-refractivity contribution < 1.29 is 14.9 Å². The van der Waals surface area contributed by atoms with E-state index in [1.807, 2.05) is 0 Å². The average Bonchev–Trinajstić information content (AvgIpc) is 3.54. The second-order valence-corrected chi connectivity index (χ2v) is 13.2. The van der Waals surface area contributed by atoms with Crippen molar-refractivity contribution in [3.8, 4) is 0 Å². The first kappa shape index (κ1) is 26.4. The molecular formula is C29H47N7O3. The summed E-state index contributed by atoms with van der Waals surface area (Å²) in [5.41, 5.74) is 10.1. The molecule has 5 fully saturated rings. The number of hydrogen-bond acceptors (Lipinski definition) is 10. The topological polar surface area (TPSA) is 130 Å². The number of ether oxygens (including phenoxy) is 1. The molecule has 1 aromatic rings. The van der Waals surface area contributed by atoms with Crippen LogP contribution in [0.2, 0.25) is 0 Å². The highest BCUT2D eigenvalue weighted by molar-refractivity contribution is 5.75. The number of aliphatic hydroxyl groups excluding tert-OH is 2. The average molecular weight is 542 g/mol. The Morgan fingerprint density at radius 2 is 1.87 bits per heavy atom. The molecule has 4 unspecified atom stereocenters. The number of likely N-dealkylation sites (tertiary alicyclic amines) is 1. The van der Waals surface area contributed by atoms with Gasteiger partial charge in [-0.25, -0.2) is 0 Å². The zero-order valence-electron chi connectivity index (χ0n) is 23.1. The first-order valence-corrected chi connectivity index (χ1v) is 15.2. The van der Waals surface area contributed by atoms with Gasteiger partial charge in [0.2, 0.25) is 0 Å². The Labute approximate surface area is 232 Å². The van der Waals surface area contributed by atoms with Gasteiger partial charge in [-0.3, -0.25) is 15.5 Å². The van der Waals surface area contributed by atoms with Crippen LogP contribution in [0.15, 0.2) is 18.2 Å². The molecule has 6 aliphatic rings. The summed E-state index contributed by atoms with van der Waals surface area (Å²) in [6, 6.07) is 7.31. The van der Waals surface area contributed by atoms with Crippen molar-refractivity contribution >= 4 is 11.4 Å². The summed E-state index contributed by atoms with van der Waals surface area (Å²) in [4.78, 5) is 4.82. The van der Waals surface area contributed by atoms with Crippen molar-refractivity contribution in [3.63, 3.8) is 0 Å². The van der Waals surface area contributed by atoms with Gasteiger partial charge in [-0.2, -0.15) is 0 Å². The number of hydrogen-bond donors (Lipinski definition) is 7. The molecule has 8 N–H and O–H groups in total. The van der Waals surface area contributed by atoms with Crippen molar-refractivity contribution in [2.45, 2.75) is 87.2 Å². The number of rotatable bonds is 8. The van der Waals surface area contributed by atoms with E-state index < -0.39 is 12.2 Å². The number of nitrogens with zero attached hydrogens (tertiary/aromatic N) is 2. The maximum absolute atomic E-state index is 11.0. The molecule has 4 heterocycles. The molecular weight excluding hydrogens is 494 g/mol. The van der Waals surface area contributed by atoms with E-state index in [0.29, 0.717) is 30.7 Å². The molecule has 7 rings (SSSR count). The van der Waals surface area contributed by atoms with Crippen LogP contribution >= 0.6 is 0 Å². The second kappa shape index (κ2) is 10.7. The van der Waals surface area contributed by atoms with Crippen LogP contribution in [0.25, 0.3) is 0 Å². The van der Waals surface area contributed by atoms with Crippen LogP contribution in [0, 0.1) is 17.8 Å². The van der Waals surface area contributed by atoms with Gasteiger partial charge in [-0.15, -0.1) is 0 Å². The summed E-state index contributed by atoms with van der Waals surface area (Å²) in [5.74, 6) is 1.76. The van der Waals surface area contributed by atoms with E-state index in [2.05, 4.69) is 56.3 Å². The van der Waals surface area contributed by atoms with E-state index >= 15 is 0 Å². The second-order valence-electron chi connectivity index (χ2n) is 13.2. The molecule has 0 amide bonds. The zero-order chi connectivity index (χ0) is 26.7. The summed E-state index contributed by atoms with van der Waals surface area (Å²) in [6.07, 6.45) is 5.79. The molecule has 10 nitrogen and oxygen atoms in total. The first-order valence-electron chi connectivity index (χ1n) is 15.2. The summed E-state index contributed by atoms with van der Waals surface area (Å²) in [6.45, 7) is 4.15.